The molecule has 1 amide bonds. The van der Waals surface area contributed by atoms with Crippen LogP contribution in [0, 0.1) is 0 Å². The Bertz CT molecular complexity index is 379. The van der Waals surface area contributed by atoms with E-state index in [1.165, 1.54) is 4.90 Å². The molecule has 4 nitrogen and oxygen atoms in total. The summed E-state index contributed by atoms with van der Waals surface area (Å²) in [5.74, 6) is 0.188. The van der Waals surface area contributed by atoms with E-state index in [1.54, 1.807) is 32.2 Å². The molecule has 0 saturated carbocycles. The molecule has 0 radical (unpaired) electrons. The summed E-state index contributed by atoms with van der Waals surface area (Å²) in [7, 11) is 1.67. The van der Waals surface area contributed by atoms with Crippen molar-refractivity contribution >= 4 is 5.91 Å². The lowest BCUT2D eigenvalue weighted by molar-refractivity contribution is -0.132. The van der Waals surface area contributed by atoms with Gasteiger partial charge in [-0.05, 0) is 25.0 Å². The predicted octanol–water partition coefficient (Wildman–Crippen LogP) is 1.16. The van der Waals surface area contributed by atoms with E-state index in [4.69, 9.17) is 5.11 Å². The molecule has 0 heterocycles. The van der Waals surface area contributed by atoms with Crippen molar-refractivity contribution in [3.05, 3.63) is 29.8 Å². The van der Waals surface area contributed by atoms with Gasteiger partial charge in [0.2, 0.25) is 5.91 Å². The molecule has 4 heteroatoms. The van der Waals surface area contributed by atoms with Crippen LogP contribution in [0.15, 0.2) is 24.3 Å². The first-order chi connectivity index (χ1) is 8.06. The van der Waals surface area contributed by atoms with Crippen LogP contribution in [0.4, 0.5) is 0 Å². The largest absolute Gasteiger partial charge is 0.508 e. The second-order valence-corrected chi connectivity index (χ2v) is 4.16. The van der Waals surface area contributed by atoms with Crippen LogP contribution in [0.2, 0.25) is 0 Å². The lowest BCUT2D eigenvalue weighted by Crippen LogP contribution is -2.37. The third-order valence-corrected chi connectivity index (χ3v) is 2.92. The molecule has 0 saturated heterocycles. The molecule has 1 atom stereocenters. The first-order valence-electron chi connectivity index (χ1n) is 5.69. The number of aliphatic hydroxyl groups excluding tert-OH is 1. The van der Waals surface area contributed by atoms with Crippen LogP contribution in [0.25, 0.3) is 0 Å². The number of aliphatic hydroxyl groups is 1. The summed E-state index contributed by atoms with van der Waals surface area (Å²) < 4.78 is 0. The second kappa shape index (κ2) is 6.25. The van der Waals surface area contributed by atoms with E-state index < -0.39 is 0 Å². The summed E-state index contributed by atoms with van der Waals surface area (Å²) in [5, 5.41) is 18.5. The van der Waals surface area contributed by atoms with Crippen LogP contribution < -0.4 is 0 Å². The molecule has 1 aromatic rings. The van der Waals surface area contributed by atoms with E-state index >= 15 is 0 Å². The van der Waals surface area contributed by atoms with Crippen molar-refractivity contribution in [3.8, 4) is 5.75 Å². The molecular weight excluding hydrogens is 218 g/mol. The third kappa shape index (κ3) is 3.75. The minimum absolute atomic E-state index is 0.0326. The molecule has 0 aliphatic heterocycles. The highest BCUT2D eigenvalue weighted by Crippen LogP contribution is 2.17. The number of likely N-dealkylation sites (N-methyl/N-ethyl adjacent to an activating group) is 1. The average Bonchev–Trinajstić information content (AvgIpc) is 2.35. The number of rotatable bonds is 5. The Hall–Kier alpha value is -1.55. The summed E-state index contributed by atoms with van der Waals surface area (Å²) >= 11 is 0. The normalized spacial score (nSPS) is 12.2. The number of carbonyl (C=O) groups excluding carboxylic acids is 1. The van der Waals surface area contributed by atoms with Gasteiger partial charge in [-0.3, -0.25) is 4.79 Å². The Morgan fingerprint density at radius 1 is 1.41 bits per heavy atom. The molecule has 1 rings (SSSR count). The van der Waals surface area contributed by atoms with E-state index in [1.807, 2.05) is 6.07 Å². The topological polar surface area (TPSA) is 60.8 Å². The molecule has 0 aliphatic rings. The quantitative estimate of drug-likeness (QED) is 0.808. The van der Waals surface area contributed by atoms with Crippen LogP contribution in [-0.4, -0.2) is 40.7 Å². The number of aromatic hydroxyl groups is 1. The maximum atomic E-state index is 11.8. The third-order valence-electron chi connectivity index (χ3n) is 2.92. The van der Waals surface area contributed by atoms with E-state index in [2.05, 4.69) is 0 Å². The zero-order valence-corrected chi connectivity index (χ0v) is 10.3. The zero-order chi connectivity index (χ0) is 12.8. The van der Waals surface area contributed by atoms with Crippen molar-refractivity contribution in [2.45, 2.75) is 25.8 Å². The van der Waals surface area contributed by atoms with Crippen molar-refractivity contribution in [3.63, 3.8) is 0 Å². The number of aryl methyl sites for hydroxylation is 1. The van der Waals surface area contributed by atoms with Crippen LogP contribution in [-0.2, 0) is 11.2 Å². The van der Waals surface area contributed by atoms with E-state index in [-0.39, 0.29) is 24.3 Å². The van der Waals surface area contributed by atoms with Crippen molar-refractivity contribution < 1.29 is 15.0 Å². The molecule has 0 spiro atoms. The van der Waals surface area contributed by atoms with Gasteiger partial charge in [-0.15, -0.1) is 0 Å². The van der Waals surface area contributed by atoms with Crippen molar-refractivity contribution in [1.29, 1.82) is 0 Å². The van der Waals surface area contributed by atoms with Gasteiger partial charge in [-0.25, -0.2) is 0 Å². The summed E-state index contributed by atoms with van der Waals surface area (Å²) in [4.78, 5) is 13.3. The van der Waals surface area contributed by atoms with Gasteiger partial charge in [0.1, 0.15) is 5.75 Å². The highest BCUT2D eigenvalue weighted by atomic mass is 16.3. The van der Waals surface area contributed by atoms with Gasteiger partial charge in [-0.2, -0.15) is 0 Å². The number of phenolic OH excluding ortho intramolecular Hbond substituents is 1. The number of phenols is 1. The van der Waals surface area contributed by atoms with Crippen LogP contribution >= 0.6 is 0 Å². The number of nitrogens with zero attached hydrogens (tertiary/aromatic N) is 1. The molecule has 2 N–H and O–H groups in total. The molecule has 94 valence electrons. The fraction of sp³-hybridized carbons (Fsp3) is 0.462. The van der Waals surface area contributed by atoms with Crippen LogP contribution in [0.3, 0.4) is 0 Å². The Labute approximate surface area is 101 Å². The second-order valence-electron chi connectivity index (χ2n) is 4.16. The molecule has 0 aliphatic carbocycles. The molecule has 17 heavy (non-hydrogen) atoms. The number of amides is 1. The van der Waals surface area contributed by atoms with Gasteiger partial charge in [0.15, 0.2) is 0 Å². The van der Waals surface area contributed by atoms with Crippen molar-refractivity contribution in [2.75, 3.05) is 13.7 Å². The van der Waals surface area contributed by atoms with Gasteiger partial charge in [0.25, 0.3) is 0 Å². The summed E-state index contributed by atoms with van der Waals surface area (Å²) in [6.07, 6.45) is 0.840. The molecule has 0 bridgehead atoms. The lowest BCUT2D eigenvalue weighted by atomic mass is 10.1. The molecule has 1 aromatic carbocycles. The van der Waals surface area contributed by atoms with Gasteiger partial charge >= 0.3 is 0 Å². The number of hydrogen-bond acceptors (Lipinski definition) is 3. The van der Waals surface area contributed by atoms with Crippen molar-refractivity contribution in [1.82, 2.24) is 4.90 Å². The minimum Gasteiger partial charge on any atom is -0.508 e. The molecule has 0 fully saturated rings. The minimum atomic E-state index is -0.174. The highest BCUT2D eigenvalue weighted by Gasteiger charge is 2.14. The fourth-order valence-electron chi connectivity index (χ4n) is 1.51. The van der Waals surface area contributed by atoms with E-state index in [9.17, 15) is 9.90 Å². The predicted molar refractivity (Wildman–Crippen MR) is 65.7 cm³/mol. The van der Waals surface area contributed by atoms with Gasteiger partial charge in [0, 0.05) is 13.5 Å². The number of hydrogen-bond donors (Lipinski definition) is 2. The Kier molecular flexibility index (Phi) is 4.97. The van der Waals surface area contributed by atoms with E-state index in [0.717, 1.165) is 5.56 Å². The zero-order valence-electron chi connectivity index (χ0n) is 10.3. The van der Waals surface area contributed by atoms with E-state index in [0.29, 0.717) is 12.8 Å². The maximum Gasteiger partial charge on any atom is 0.222 e. The Morgan fingerprint density at radius 3 is 2.65 bits per heavy atom. The van der Waals surface area contributed by atoms with Gasteiger partial charge in [0.05, 0.1) is 12.6 Å². The first kappa shape index (κ1) is 13.5. The molecule has 0 aromatic heterocycles. The van der Waals surface area contributed by atoms with Crippen molar-refractivity contribution in [2.24, 2.45) is 0 Å². The summed E-state index contributed by atoms with van der Waals surface area (Å²) in [5.41, 5.74) is 0.769. The first-order valence-corrected chi connectivity index (χ1v) is 5.69. The van der Waals surface area contributed by atoms with Crippen LogP contribution in [0.1, 0.15) is 18.9 Å². The Morgan fingerprint density at radius 2 is 2.06 bits per heavy atom. The Balaban J connectivity index is 2.51. The lowest BCUT2D eigenvalue weighted by Gasteiger charge is -2.23. The van der Waals surface area contributed by atoms with Gasteiger partial charge < -0.3 is 15.1 Å². The molecule has 1 unspecified atom stereocenters. The molecular formula is C13H19NO3. The highest BCUT2D eigenvalue weighted by molar-refractivity contribution is 5.76. The number of benzene rings is 1. The fourth-order valence-corrected chi connectivity index (χ4v) is 1.51. The maximum absolute atomic E-state index is 11.8. The number of carbonyl (C=O) groups is 1. The summed E-state index contributed by atoms with van der Waals surface area (Å²) in [6, 6.07) is 6.82. The summed E-state index contributed by atoms with van der Waals surface area (Å²) in [6.45, 7) is 1.75. The smallest absolute Gasteiger partial charge is 0.222 e. The van der Waals surface area contributed by atoms with Gasteiger partial charge in [-0.1, -0.05) is 18.2 Å². The average molecular weight is 237 g/mol. The standard InChI is InChI=1S/C13H19NO3/c1-10(9-15)14(2)13(17)8-7-11-5-3-4-6-12(11)16/h3-6,10,15-16H,7-9H2,1-2H3. The monoisotopic (exact) mass is 237 g/mol. The van der Waals surface area contributed by atoms with Crippen LogP contribution in [0.5, 0.6) is 5.75 Å². The number of para-hydroxylation sites is 1. The SMILES string of the molecule is CC(CO)N(C)C(=O)CCc1ccccc1O.